The highest BCUT2D eigenvalue weighted by Gasteiger charge is 2.30. The molecule has 27 heavy (non-hydrogen) atoms. The van der Waals surface area contributed by atoms with Gasteiger partial charge in [-0.25, -0.2) is 4.79 Å². The molecule has 0 spiro atoms. The Balaban J connectivity index is 1.44. The molecule has 0 radical (unpaired) electrons. The number of urea groups is 1. The lowest BCUT2D eigenvalue weighted by atomic mass is 9.97. The molecule has 2 aromatic carbocycles. The van der Waals surface area contributed by atoms with E-state index in [4.69, 9.17) is 18.9 Å². The van der Waals surface area contributed by atoms with E-state index in [9.17, 15) is 4.79 Å². The Morgan fingerprint density at radius 1 is 1.15 bits per heavy atom. The van der Waals surface area contributed by atoms with Crippen molar-refractivity contribution in [1.29, 1.82) is 0 Å². The molecule has 0 aromatic heterocycles. The van der Waals surface area contributed by atoms with E-state index < -0.39 is 0 Å². The molecule has 4 rings (SSSR count). The zero-order chi connectivity index (χ0) is 18.8. The first-order chi connectivity index (χ1) is 13.2. The SMILES string of the molecule is COc1cccc([C@H]2CCN(C(=O)Nc3ccc4c(c3)OCO4)C2)c1OC. The van der Waals surface area contributed by atoms with Crippen LogP contribution in [-0.4, -0.2) is 45.0 Å². The Morgan fingerprint density at radius 2 is 2.00 bits per heavy atom. The zero-order valence-electron chi connectivity index (χ0n) is 15.4. The number of likely N-dealkylation sites (tertiary alicyclic amines) is 1. The van der Waals surface area contributed by atoms with E-state index >= 15 is 0 Å². The van der Waals surface area contributed by atoms with Gasteiger partial charge in [-0.05, 0) is 24.6 Å². The quantitative estimate of drug-likeness (QED) is 0.893. The molecule has 1 saturated heterocycles. The molecule has 0 aliphatic carbocycles. The van der Waals surface area contributed by atoms with Gasteiger partial charge in [0.15, 0.2) is 23.0 Å². The number of benzene rings is 2. The van der Waals surface area contributed by atoms with Crippen LogP contribution in [-0.2, 0) is 0 Å². The fourth-order valence-electron chi connectivity index (χ4n) is 3.61. The van der Waals surface area contributed by atoms with Crippen LogP contribution in [0.25, 0.3) is 0 Å². The number of para-hydroxylation sites is 1. The summed E-state index contributed by atoms with van der Waals surface area (Å²) in [6.07, 6.45) is 0.873. The van der Waals surface area contributed by atoms with Crippen LogP contribution in [0.5, 0.6) is 23.0 Å². The van der Waals surface area contributed by atoms with Crippen molar-refractivity contribution in [1.82, 2.24) is 4.90 Å². The second-order valence-corrected chi connectivity index (χ2v) is 6.51. The average Bonchev–Trinajstić information content (AvgIpc) is 3.36. The van der Waals surface area contributed by atoms with Crippen LogP contribution in [0.3, 0.4) is 0 Å². The fraction of sp³-hybridized carbons (Fsp3) is 0.350. The summed E-state index contributed by atoms with van der Waals surface area (Å²) in [5, 5.41) is 2.93. The molecule has 1 atom stereocenters. The van der Waals surface area contributed by atoms with Gasteiger partial charge in [0.25, 0.3) is 0 Å². The van der Waals surface area contributed by atoms with Crippen molar-refractivity contribution in [2.75, 3.05) is 39.4 Å². The number of hydrogen-bond donors (Lipinski definition) is 1. The third-order valence-electron chi connectivity index (χ3n) is 4.97. The molecule has 1 N–H and O–H groups in total. The maximum atomic E-state index is 12.7. The number of amides is 2. The van der Waals surface area contributed by atoms with Crippen LogP contribution >= 0.6 is 0 Å². The molecule has 2 aliphatic rings. The van der Waals surface area contributed by atoms with Gasteiger partial charge in [-0.1, -0.05) is 12.1 Å². The van der Waals surface area contributed by atoms with Crippen LogP contribution < -0.4 is 24.3 Å². The Morgan fingerprint density at radius 3 is 2.81 bits per heavy atom. The molecule has 0 unspecified atom stereocenters. The minimum Gasteiger partial charge on any atom is -0.493 e. The Labute approximate surface area is 157 Å². The third kappa shape index (κ3) is 3.32. The summed E-state index contributed by atoms with van der Waals surface area (Å²) in [6, 6.07) is 11.1. The monoisotopic (exact) mass is 370 g/mol. The van der Waals surface area contributed by atoms with Gasteiger partial charge in [-0.15, -0.1) is 0 Å². The number of carbonyl (C=O) groups excluding carboxylic acids is 1. The maximum absolute atomic E-state index is 12.7. The van der Waals surface area contributed by atoms with E-state index in [-0.39, 0.29) is 18.7 Å². The predicted octanol–water partition coefficient (Wildman–Crippen LogP) is 3.45. The number of fused-ring (bicyclic) bond motifs is 1. The van der Waals surface area contributed by atoms with Crippen molar-refractivity contribution in [2.24, 2.45) is 0 Å². The molecule has 0 saturated carbocycles. The van der Waals surface area contributed by atoms with Crippen LogP contribution in [0.2, 0.25) is 0 Å². The summed E-state index contributed by atoms with van der Waals surface area (Å²) in [4.78, 5) is 14.5. The van der Waals surface area contributed by atoms with E-state index in [0.717, 1.165) is 17.7 Å². The van der Waals surface area contributed by atoms with Gasteiger partial charge < -0.3 is 29.2 Å². The number of carbonyl (C=O) groups is 1. The first-order valence-corrected chi connectivity index (χ1v) is 8.86. The van der Waals surface area contributed by atoms with Crippen LogP contribution in [0.4, 0.5) is 10.5 Å². The maximum Gasteiger partial charge on any atom is 0.321 e. The molecule has 7 heteroatoms. The molecule has 2 amide bonds. The van der Waals surface area contributed by atoms with E-state index in [2.05, 4.69) is 5.32 Å². The zero-order valence-corrected chi connectivity index (χ0v) is 15.4. The Kier molecular flexibility index (Phi) is 4.66. The molecular formula is C20H22N2O5. The minimum absolute atomic E-state index is 0.127. The van der Waals surface area contributed by atoms with Crippen molar-refractivity contribution < 1.29 is 23.7 Å². The Bertz CT molecular complexity index is 854. The molecular weight excluding hydrogens is 348 g/mol. The van der Waals surface area contributed by atoms with E-state index in [0.29, 0.717) is 36.0 Å². The van der Waals surface area contributed by atoms with Gasteiger partial charge in [-0.3, -0.25) is 0 Å². The van der Waals surface area contributed by atoms with Gasteiger partial charge in [0.2, 0.25) is 6.79 Å². The summed E-state index contributed by atoms with van der Waals surface area (Å²) in [5.74, 6) is 2.99. The standard InChI is InChI=1S/C20H22N2O5/c1-24-17-5-3-4-15(19(17)25-2)13-8-9-22(11-13)20(23)21-14-6-7-16-18(10-14)27-12-26-16/h3-7,10,13H,8-9,11-12H2,1-2H3,(H,21,23)/t13-/m0/s1. The highest BCUT2D eigenvalue weighted by Crippen LogP contribution is 2.39. The van der Waals surface area contributed by atoms with E-state index in [1.165, 1.54) is 0 Å². The van der Waals surface area contributed by atoms with E-state index in [1.807, 2.05) is 29.2 Å². The molecule has 7 nitrogen and oxygen atoms in total. The fourth-order valence-corrected chi connectivity index (χ4v) is 3.61. The summed E-state index contributed by atoms with van der Waals surface area (Å²) in [6.45, 7) is 1.52. The summed E-state index contributed by atoms with van der Waals surface area (Å²) in [7, 11) is 3.27. The number of nitrogens with one attached hydrogen (secondary N) is 1. The first kappa shape index (κ1) is 17.3. The molecule has 2 heterocycles. The first-order valence-electron chi connectivity index (χ1n) is 8.86. The van der Waals surface area contributed by atoms with Crippen LogP contribution in [0, 0.1) is 0 Å². The summed E-state index contributed by atoms with van der Waals surface area (Å²) in [5.41, 5.74) is 1.75. The molecule has 142 valence electrons. The van der Waals surface area contributed by atoms with Crippen LogP contribution in [0.15, 0.2) is 36.4 Å². The van der Waals surface area contributed by atoms with Gasteiger partial charge in [0.1, 0.15) is 0 Å². The van der Waals surface area contributed by atoms with Gasteiger partial charge in [-0.2, -0.15) is 0 Å². The van der Waals surface area contributed by atoms with E-state index in [1.54, 1.807) is 26.4 Å². The minimum atomic E-state index is -0.127. The third-order valence-corrected chi connectivity index (χ3v) is 4.97. The average molecular weight is 370 g/mol. The summed E-state index contributed by atoms with van der Waals surface area (Å²) >= 11 is 0. The normalized spacial score (nSPS) is 17.7. The Hall–Kier alpha value is -3.09. The number of anilines is 1. The second kappa shape index (κ2) is 7.26. The number of ether oxygens (including phenoxy) is 4. The highest BCUT2D eigenvalue weighted by molar-refractivity contribution is 5.90. The number of hydrogen-bond acceptors (Lipinski definition) is 5. The number of rotatable bonds is 4. The van der Waals surface area contributed by atoms with Crippen LogP contribution in [0.1, 0.15) is 17.9 Å². The van der Waals surface area contributed by atoms with Crippen molar-refractivity contribution in [3.63, 3.8) is 0 Å². The predicted molar refractivity (Wildman–Crippen MR) is 100 cm³/mol. The summed E-state index contributed by atoms with van der Waals surface area (Å²) < 4.78 is 21.6. The lowest BCUT2D eigenvalue weighted by Gasteiger charge is -2.19. The van der Waals surface area contributed by atoms with Crippen molar-refractivity contribution in [2.45, 2.75) is 12.3 Å². The number of methoxy groups -OCH3 is 2. The van der Waals surface area contributed by atoms with Gasteiger partial charge >= 0.3 is 6.03 Å². The van der Waals surface area contributed by atoms with Gasteiger partial charge in [0, 0.05) is 36.3 Å². The lowest BCUT2D eigenvalue weighted by molar-refractivity contribution is 0.174. The smallest absolute Gasteiger partial charge is 0.321 e. The molecule has 2 aromatic rings. The van der Waals surface area contributed by atoms with Crippen molar-refractivity contribution in [3.8, 4) is 23.0 Å². The van der Waals surface area contributed by atoms with Crippen molar-refractivity contribution >= 4 is 11.7 Å². The molecule has 2 aliphatic heterocycles. The molecule has 1 fully saturated rings. The largest absolute Gasteiger partial charge is 0.493 e. The second-order valence-electron chi connectivity index (χ2n) is 6.51. The highest BCUT2D eigenvalue weighted by atomic mass is 16.7. The lowest BCUT2D eigenvalue weighted by Crippen LogP contribution is -2.32. The van der Waals surface area contributed by atoms with Crippen molar-refractivity contribution in [3.05, 3.63) is 42.0 Å². The molecule has 0 bridgehead atoms. The topological polar surface area (TPSA) is 69.3 Å². The number of nitrogens with zero attached hydrogens (tertiary/aromatic N) is 1. The van der Waals surface area contributed by atoms with Gasteiger partial charge in [0.05, 0.1) is 14.2 Å².